The fourth-order valence-electron chi connectivity index (χ4n) is 3.74. The second-order valence-electron chi connectivity index (χ2n) is 8.20. The van der Waals surface area contributed by atoms with E-state index < -0.39 is 36.4 Å². The first-order valence-corrected chi connectivity index (χ1v) is 10.7. The van der Waals surface area contributed by atoms with Gasteiger partial charge in [0.05, 0.1) is 5.92 Å². The molecule has 1 saturated heterocycles. The first kappa shape index (κ1) is 23.5. The van der Waals surface area contributed by atoms with Gasteiger partial charge in [-0.3, -0.25) is 9.59 Å². The van der Waals surface area contributed by atoms with Gasteiger partial charge in [-0.25, -0.2) is 0 Å². The van der Waals surface area contributed by atoms with Crippen LogP contribution in [0.4, 0.5) is 24.7 Å². The highest BCUT2D eigenvalue weighted by atomic mass is 19.4. The molecule has 9 nitrogen and oxygen atoms in total. The molecule has 1 N–H and O–H groups in total. The number of aryl methyl sites for hydroxylation is 2. The second kappa shape index (κ2) is 9.27. The smallest absolute Gasteiger partial charge is 0.453 e. The second-order valence-corrected chi connectivity index (χ2v) is 8.20. The lowest BCUT2D eigenvalue weighted by Gasteiger charge is -2.31. The number of piperidine rings is 1. The van der Waals surface area contributed by atoms with Gasteiger partial charge in [-0.2, -0.15) is 17.7 Å². The molecule has 3 heterocycles. The Hall–Kier alpha value is -3.70. The number of carbonyl (C=O) groups excluding carboxylic acids is 2. The maximum Gasteiger partial charge on any atom is 0.453 e. The van der Waals surface area contributed by atoms with E-state index in [0.717, 1.165) is 11.1 Å². The first-order valence-electron chi connectivity index (χ1n) is 10.7. The van der Waals surface area contributed by atoms with E-state index in [1.807, 2.05) is 26.0 Å². The minimum absolute atomic E-state index is 0.00591. The summed E-state index contributed by atoms with van der Waals surface area (Å²) >= 11 is 0. The zero-order chi connectivity index (χ0) is 24.5. The van der Waals surface area contributed by atoms with Crippen molar-refractivity contribution in [2.45, 2.75) is 32.9 Å². The van der Waals surface area contributed by atoms with Crippen LogP contribution in [-0.4, -0.2) is 51.4 Å². The molecular formula is C22H23F3N6O3. The average molecular weight is 476 g/mol. The number of ether oxygens (including phenoxy) is 1. The lowest BCUT2D eigenvalue weighted by Crippen LogP contribution is -2.38. The molecular weight excluding hydrogens is 453 g/mol. The first-order chi connectivity index (χ1) is 16.1. The number of carbonyl (C=O) groups is 2. The van der Waals surface area contributed by atoms with Crippen LogP contribution in [0.5, 0.6) is 0 Å². The molecule has 1 amide bonds. The molecule has 2 aromatic heterocycles. The molecule has 0 bridgehead atoms. The van der Waals surface area contributed by atoms with Crippen molar-refractivity contribution in [3.63, 3.8) is 0 Å². The van der Waals surface area contributed by atoms with Crippen LogP contribution in [0.25, 0.3) is 5.65 Å². The Morgan fingerprint density at radius 3 is 2.50 bits per heavy atom. The van der Waals surface area contributed by atoms with Gasteiger partial charge in [0.15, 0.2) is 12.3 Å². The van der Waals surface area contributed by atoms with Crippen LogP contribution in [0.2, 0.25) is 0 Å². The summed E-state index contributed by atoms with van der Waals surface area (Å²) in [7, 11) is 0. The van der Waals surface area contributed by atoms with Crippen LogP contribution in [0, 0.1) is 19.8 Å². The van der Waals surface area contributed by atoms with E-state index in [2.05, 4.69) is 20.6 Å². The Morgan fingerprint density at radius 2 is 1.82 bits per heavy atom. The predicted octanol–water partition coefficient (Wildman–Crippen LogP) is 3.16. The van der Waals surface area contributed by atoms with Crippen LogP contribution in [0.3, 0.4) is 0 Å². The molecule has 3 aromatic rings. The van der Waals surface area contributed by atoms with Crippen molar-refractivity contribution in [3.05, 3.63) is 47.3 Å². The Morgan fingerprint density at radius 1 is 1.09 bits per heavy atom. The normalized spacial score (nSPS) is 14.9. The Labute approximate surface area is 192 Å². The Kier molecular flexibility index (Phi) is 6.40. The maximum absolute atomic E-state index is 13.1. The van der Waals surface area contributed by atoms with Crippen molar-refractivity contribution in [2.24, 2.45) is 5.92 Å². The molecule has 1 fully saturated rings. The number of nitrogens with zero attached hydrogens (tertiary/aromatic N) is 5. The molecule has 1 aliphatic rings. The molecule has 1 aromatic carbocycles. The summed E-state index contributed by atoms with van der Waals surface area (Å²) < 4.78 is 45.1. The number of fused-ring (bicyclic) bond motifs is 1. The van der Waals surface area contributed by atoms with Crippen LogP contribution in [0.1, 0.15) is 29.8 Å². The molecule has 0 spiro atoms. The molecule has 0 unspecified atom stereocenters. The zero-order valence-corrected chi connectivity index (χ0v) is 18.6. The third kappa shape index (κ3) is 5.10. The van der Waals surface area contributed by atoms with E-state index in [0.29, 0.717) is 42.0 Å². The monoisotopic (exact) mass is 476 g/mol. The highest BCUT2D eigenvalue weighted by molar-refractivity contribution is 5.93. The summed E-state index contributed by atoms with van der Waals surface area (Å²) in [6.07, 6.45) is -3.83. The van der Waals surface area contributed by atoms with E-state index in [-0.39, 0.29) is 5.65 Å². The molecule has 1 aliphatic heterocycles. The van der Waals surface area contributed by atoms with Crippen LogP contribution >= 0.6 is 0 Å². The summed E-state index contributed by atoms with van der Waals surface area (Å²) in [6, 6.07) is 8.50. The average Bonchev–Trinajstić information content (AvgIpc) is 3.24. The summed E-state index contributed by atoms with van der Waals surface area (Å²) in [5.74, 6) is -2.17. The Balaban J connectivity index is 1.30. The zero-order valence-electron chi connectivity index (χ0n) is 18.6. The van der Waals surface area contributed by atoms with Crippen LogP contribution in [-0.2, 0) is 20.5 Å². The van der Waals surface area contributed by atoms with Gasteiger partial charge < -0.3 is 15.0 Å². The molecule has 4 rings (SSSR count). The fourth-order valence-corrected chi connectivity index (χ4v) is 3.74. The molecule has 12 heteroatoms. The highest BCUT2D eigenvalue weighted by Gasteiger charge is 2.38. The third-order valence-electron chi connectivity index (χ3n) is 5.79. The number of amides is 1. The number of hydrogen-bond acceptors (Lipinski definition) is 7. The highest BCUT2D eigenvalue weighted by Crippen LogP contribution is 2.29. The van der Waals surface area contributed by atoms with E-state index in [1.54, 1.807) is 17.0 Å². The lowest BCUT2D eigenvalue weighted by atomic mass is 9.97. The van der Waals surface area contributed by atoms with Crippen molar-refractivity contribution in [1.82, 2.24) is 19.8 Å². The number of nitrogens with one attached hydrogen (secondary N) is 1. The summed E-state index contributed by atoms with van der Waals surface area (Å²) in [4.78, 5) is 26.3. The van der Waals surface area contributed by atoms with E-state index in [9.17, 15) is 22.8 Å². The lowest BCUT2D eigenvalue weighted by molar-refractivity contribution is -0.152. The van der Waals surface area contributed by atoms with Crippen molar-refractivity contribution >= 4 is 29.0 Å². The molecule has 34 heavy (non-hydrogen) atoms. The molecule has 0 saturated carbocycles. The van der Waals surface area contributed by atoms with Crippen molar-refractivity contribution < 1.29 is 27.5 Å². The minimum Gasteiger partial charge on any atom is -0.455 e. The number of benzene rings is 1. The van der Waals surface area contributed by atoms with Crippen molar-refractivity contribution in [2.75, 3.05) is 29.9 Å². The van der Waals surface area contributed by atoms with Gasteiger partial charge in [0.2, 0.25) is 0 Å². The third-order valence-corrected chi connectivity index (χ3v) is 5.79. The predicted molar refractivity (Wildman–Crippen MR) is 116 cm³/mol. The molecule has 0 radical (unpaired) electrons. The Bertz CT molecular complexity index is 1220. The van der Waals surface area contributed by atoms with Gasteiger partial charge in [-0.05, 0) is 62.1 Å². The largest absolute Gasteiger partial charge is 0.455 e. The van der Waals surface area contributed by atoms with Crippen LogP contribution in [0.15, 0.2) is 30.3 Å². The molecule has 180 valence electrons. The topological polar surface area (TPSA) is 102 Å². The number of esters is 1. The van der Waals surface area contributed by atoms with Gasteiger partial charge in [-0.15, -0.1) is 15.3 Å². The van der Waals surface area contributed by atoms with Crippen molar-refractivity contribution in [1.29, 1.82) is 0 Å². The summed E-state index contributed by atoms with van der Waals surface area (Å²) in [5.41, 5.74) is 2.76. The van der Waals surface area contributed by atoms with Gasteiger partial charge in [-0.1, -0.05) is 6.07 Å². The van der Waals surface area contributed by atoms with Crippen LogP contribution < -0.4 is 10.2 Å². The standard InChI is InChI=1S/C22H23F3N6O3/c1-13-3-4-16(11-14(13)2)26-19(32)12-34-20(33)15-7-9-30(10-8-15)18-6-5-17-27-28-21(22(23,24)25)31(17)29-18/h3-6,11,15H,7-10,12H2,1-2H3,(H,26,32). The summed E-state index contributed by atoms with van der Waals surface area (Å²) in [5, 5.41) is 13.4. The number of anilines is 2. The number of hydrogen-bond donors (Lipinski definition) is 1. The SMILES string of the molecule is Cc1ccc(NC(=O)COC(=O)C2CCN(c3ccc4nnc(C(F)(F)F)n4n3)CC2)cc1C. The maximum atomic E-state index is 13.1. The fraction of sp³-hybridized carbons (Fsp3) is 0.409. The van der Waals surface area contributed by atoms with Gasteiger partial charge in [0, 0.05) is 18.8 Å². The van der Waals surface area contributed by atoms with Gasteiger partial charge in [0.25, 0.3) is 11.7 Å². The number of alkyl halides is 3. The molecule has 0 aliphatic carbocycles. The summed E-state index contributed by atoms with van der Waals surface area (Å²) in [6.45, 7) is 4.31. The van der Waals surface area contributed by atoms with Gasteiger partial charge >= 0.3 is 12.1 Å². The van der Waals surface area contributed by atoms with E-state index >= 15 is 0 Å². The molecule has 0 atom stereocenters. The number of halogens is 3. The van der Waals surface area contributed by atoms with Gasteiger partial charge in [0.1, 0.15) is 5.82 Å². The van der Waals surface area contributed by atoms with Crippen molar-refractivity contribution in [3.8, 4) is 0 Å². The number of aromatic nitrogens is 4. The van der Waals surface area contributed by atoms with E-state index in [4.69, 9.17) is 4.74 Å². The van der Waals surface area contributed by atoms with E-state index in [1.165, 1.54) is 6.07 Å². The quantitative estimate of drug-likeness (QED) is 0.565. The number of rotatable bonds is 5. The minimum atomic E-state index is -4.67.